The van der Waals surface area contributed by atoms with E-state index < -0.39 is 0 Å². The Morgan fingerprint density at radius 2 is 1.71 bits per heavy atom. The Kier molecular flexibility index (Phi) is 3.85. The topological polar surface area (TPSA) is 24.1 Å². The summed E-state index contributed by atoms with van der Waals surface area (Å²) in [4.78, 5) is 0. The van der Waals surface area contributed by atoms with E-state index in [0.717, 1.165) is 19.0 Å². The Hall–Kier alpha value is -0.860. The lowest BCUT2D eigenvalue weighted by Gasteiger charge is -2.27. The van der Waals surface area contributed by atoms with Crippen LogP contribution >= 0.6 is 0 Å². The van der Waals surface area contributed by atoms with Crippen LogP contribution < -0.4 is 10.6 Å². The lowest BCUT2D eigenvalue weighted by Crippen LogP contribution is -2.33. The van der Waals surface area contributed by atoms with Crippen molar-refractivity contribution in [1.82, 2.24) is 10.6 Å². The molecule has 1 fully saturated rings. The van der Waals surface area contributed by atoms with E-state index >= 15 is 0 Å². The number of hydrogen-bond donors (Lipinski definition) is 2. The zero-order valence-electron chi connectivity index (χ0n) is 11.2. The molecule has 2 nitrogen and oxygen atoms in total. The fraction of sp³-hybridized carbons (Fsp3) is 0.600. The highest BCUT2D eigenvalue weighted by molar-refractivity contribution is 5.29. The summed E-state index contributed by atoms with van der Waals surface area (Å²) in [5.74, 6) is 0.753. The predicted molar refractivity (Wildman–Crippen MR) is 73.4 cm³/mol. The summed E-state index contributed by atoms with van der Waals surface area (Å²) in [6.45, 7) is 6.75. The van der Waals surface area contributed by atoms with Crippen LogP contribution in [0.25, 0.3) is 0 Å². The van der Waals surface area contributed by atoms with Crippen molar-refractivity contribution in [2.24, 2.45) is 0 Å². The summed E-state index contributed by atoms with van der Waals surface area (Å²) in [5.41, 5.74) is 2.92. The fourth-order valence-corrected chi connectivity index (χ4v) is 2.47. The predicted octanol–water partition coefficient (Wildman–Crippen LogP) is 2.61. The van der Waals surface area contributed by atoms with Gasteiger partial charge in [0, 0.05) is 5.54 Å². The van der Waals surface area contributed by atoms with Gasteiger partial charge < -0.3 is 10.6 Å². The third-order valence-corrected chi connectivity index (χ3v) is 4.07. The van der Waals surface area contributed by atoms with Gasteiger partial charge in [-0.15, -0.1) is 0 Å². The van der Waals surface area contributed by atoms with E-state index in [1.165, 1.54) is 24.0 Å². The van der Waals surface area contributed by atoms with E-state index in [1.54, 1.807) is 0 Å². The van der Waals surface area contributed by atoms with Crippen LogP contribution in [0.5, 0.6) is 0 Å². The van der Waals surface area contributed by atoms with Crippen LogP contribution in [0.3, 0.4) is 0 Å². The summed E-state index contributed by atoms with van der Waals surface area (Å²) in [6, 6.07) is 9.16. The molecule has 0 spiro atoms. The molecule has 1 saturated heterocycles. The molecule has 0 aromatic heterocycles. The largest absolute Gasteiger partial charge is 0.317 e. The van der Waals surface area contributed by atoms with Crippen molar-refractivity contribution in [3.8, 4) is 0 Å². The van der Waals surface area contributed by atoms with Gasteiger partial charge in [0.05, 0.1) is 0 Å². The Bertz CT molecular complexity index is 348. The SMILES string of the molecule is CNC(C)(C)c1ccc(C2CCNCC2)cc1. The average Bonchev–Trinajstić information content (AvgIpc) is 2.40. The van der Waals surface area contributed by atoms with Gasteiger partial charge in [-0.1, -0.05) is 24.3 Å². The Balaban J connectivity index is 2.12. The molecule has 0 atom stereocenters. The molecule has 1 aliphatic rings. The molecular weight excluding hydrogens is 208 g/mol. The molecule has 1 heterocycles. The fourth-order valence-electron chi connectivity index (χ4n) is 2.47. The minimum Gasteiger partial charge on any atom is -0.317 e. The first-order chi connectivity index (χ1) is 8.13. The summed E-state index contributed by atoms with van der Waals surface area (Å²) >= 11 is 0. The Morgan fingerprint density at radius 3 is 2.24 bits per heavy atom. The zero-order valence-corrected chi connectivity index (χ0v) is 11.2. The van der Waals surface area contributed by atoms with Crippen LogP contribution in [-0.4, -0.2) is 20.1 Å². The number of piperidine rings is 1. The van der Waals surface area contributed by atoms with Gasteiger partial charge in [-0.05, 0) is 63.9 Å². The molecule has 0 amide bonds. The van der Waals surface area contributed by atoms with E-state index in [1.807, 2.05) is 7.05 Å². The molecule has 0 unspecified atom stereocenters. The molecule has 0 aliphatic carbocycles. The monoisotopic (exact) mass is 232 g/mol. The van der Waals surface area contributed by atoms with E-state index in [0.29, 0.717) is 0 Å². The Morgan fingerprint density at radius 1 is 1.12 bits per heavy atom. The molecule has 0 radical (unpaired) electrons. The van der Waals surface area contributed by atoms with Crippen LogP contribution in [0.15, 0.2) is 24.3 Å². The number of rotatable bonds is 3. The van der Waals surface area contributed by atoms with Gasteiger partial charge in [0.25, 0.3) is 0 Å². The molecule has 2 rings (SSSR count). The minimum absolute atomic E-state index is 0.0622. The van der Waals surface area contributed by atoms with Gasteiger partial charge in [-0.25, -0.2) is 0 Å². The lowest BCUT2D eigenvalue weighted by molar-refractivity contribution is 0.442. The van der Waals surface area contributed by atoms with Crippen LogP contribution in [-0.2, 0) is 5.54 Å². The first kappa shape index (κ1) is 12.6. The maximum absolute atomic E-state index is 3.42. The van der Waals surface area contributed by atoms with Crippen molar-refractivity contribution in [3.05, 3.63) is 35.4 Å². The molecule has 1 aliphatic heterocycles. The van der Waals surface area contributed by atoms with Gasteiger partial charge in [0.15, 0.2) is 0 Å². The van der Waals surface area contributed by atoms with Crippen molar-refractivity contribution in [2.75, 3.05) is 20.1 Å². The second-order valence-corrected chi connectivity index (χ2v) is 5.52. The van der Waals surface area contributed by atoms with Crippen molar-refractivity contribution >= 4 is 0 Å². The molecule has 17 heavy (non-hydrogen) atoms. The molecular formula is C15H24N2. The van der Waals surface area contributed by atoms with E-state index in [-0.39, 0.29) is 5.54 Å². The molecule has 2 heteroatoms. The standard InChI is InChI=1S/C15H24N2/c1-15(2,16-3)14-6-4-12(5-7-14)13-8-10-17-11-9-13/h4-7,13,16-17H,8-11H2,1-3H3. The highest BCUT2D eigenvalue weighted by atomic mass is 14.9. The molecule has 0 bridgehead atoms. The zero-order chi connectivity index (χ0) is 12.3. The van der Waals surface area contributed by atoms with Gasteiger partial charge in [-0.3, -0.25) is 0 Å². The quantitative estimate of drug-likeness (QED) is 0.837. The summed E-state index contributed by atoms with van der Waals surface area (Å²) in [5, 5.41) is 6.77. The minimum atomic E-state index is 0.0622. The smallest absolute Gasteiger partial charge is 0.0374 e. The van der Waals surface area contributed by atoms with Crippen LogP contribution in [0.2, 0.25) is 0 Å². The highest BCUT2D eigenvalue weighted by Gasteiger charge is 2.19. The number of nitrogens with one attached hydrogen (secondary N) is 2. The van der Waals surface area contributed by atoms with Gasteiger partial charge >= 0.3 is 0 Å². The van der Waals surface area contributed by atoms with Crippen molar-refractivity contribution in [1.29, 1.82) is 0 Å². The second kappa shape index (κ2) is 5.19. The van der Waals surface area contributed by atoms with Crippen LogP contribution in [0.4, 0.5) is 0 Å². The molecule has 0 saturated carbocycles. The first-order valence-electron chi connectivity index (χ1n) is 6.63. The highest BCUT2D eigenvalue weighted by Crippen LogP contribution is 2.27. The van der Waals surface area contributed by atoms with E-state index in [9.17, 15) is 0 Å². The summed E-state index contributed by atoms with van der Waals surface area (Å²) in [6.07, 6.45) is 2.55. The van der Waals surface area contributed by atoms with Crippen molar-refractivity contribution in [3.63, 3.8) is 0 Å². The van der Waals surface area contributed by atoms with Crippen LogP contribution in [0, 0.1) is 0 Å². The van der Waals surface area contributed by atoms with Crippen molar-refractivity contribution < 1.29 is 0 Å². The van der Waals surface area contributed by atoms with Gasteiger partial charge in [0.2, 0.25) is 0 Å². The summed E-state index contributed by atoms with van der Waals surface area (Å²) < 4.78 is 0. The summed E-state index contributed by atoms with van der Waals surface area (Å²) in [7, 11) is 2.01. The van der Waals surface area contributed by atoms with Crippen molar-refractivity contribution in [2.45, 2.75) is 38.1 Å². The van der Waals surface area contributed by atoms with E-state index in [2.05, 4.69) is 48.7 Å². The first-order valence-corrected chi connectivity index (χ1v) is 6.63. The van der Waals surface area contributed by atoms with Crippen LogP contribution in [0.1, 0.15) is 43.7 Å². The molecule has 1 aromatic rings. The molecule has 2 N–H and O–H groups in total. The maximum atomic E-state index is 3.42. The molecule has 94 valence electrons. The molecule has 1 aromatic carbocycles. The normalized spacial score (nSPS) is 18.3. The number of hydrogen-bond acceptors (Lipinski definition) is 2. The van der Waals surface area contributed by atoms with Gasteiger partial charge in [0.1, 0.15) is 0 Å². The second-order valence-electron chi connectivity index (χ2n) is 5.52. The third-order valence-electron chi connectivity index (χ3n) is 4.07. The Labute approximate surface area is 105 Å². The lowest BCUT2D eigenvalue weighted by atomic mass is 9.87. The van der Waals surface area contributed by atoms with E-state index in [4.69, 9.17) is 0 Å². The average molecular weight is 232 g/mol. The maximum Gasteiger partial charge on any atom is 0.0374 e. The van der Waals surface area contributed by atoms with Gasteiger partial charge in [-0.2, -0.15) is 0 Å². The third kappa shape index (κ3) is 2.88. The number of benzene rings is 1.